The zero-order chi connectivity index (χ0) is 22.5. The molecule has 0 aromatic heterocycles. The van der Waals surface area contributed by atoms with Crippen LogP contribution in [0.3, 0.4) is 0 Å². The Morgan fingerprint density at radius 3 is 2.55 bits per heavy atom. The highest BCUT2D eigenvalue weighted by molar-refractivity contribution is 9.10. The Hall–Kier alpha value is -2.67. The van der Waals surface area contributed by atoms with Crippen LogP contribution in [0.2, 0.25) is 0 Å². The Bertz CT molecular complexity index is 899. The number of esters is 1. The Morgan fingerprint density at radius 2 is 1.81 bits per heavy atom. The summed E-state index contributed by atoms with van der Waals surface area (Å²) < 4.78 is 11.6. The number of rotatable bonds is 12. The Labute approximate surface area is 192 Å². The zero-order valence-electron chi connectivity index (χ0n) is 18.0. The molecule has 1 N–H and O–H groups in total. The van der Waals surface area contributed by atoms with Crippen molar-refractivity contribution in [1.29, 1.82) is 0 Å². The standard InChI is InChI=1S/C24H29BrN2O4/c1-3-4-5-6-7-8-12-23(28)27-26-17-18-13-14-21(22(15-18)30-2)31-24(29)19-10-9-11-20(25)16-19/h9-11,13-17H,3-8,12H2,1-2H3,(H,27,28). The minimum absolute atomic E-state index is 0.0988. The van der Waals surface area contributed by atoms with E-state index in [9.17, 15) is 9.59 Å². The molecule has 6 nitrogen and oxygen atoms in total. The molecule has 0 saturated heterocycles. The number of methoxy groups -OCH3 is 1. The normalized spacial score (nSPS) is 10.8. The van der Waals surface area contributed by atoms with Gasteiger partial charge in [-0.05, 0) is 48.4 Å². The molecule has 7 heteroatoms. The quantitative estimate of drug-likeness (QED) is 0.133. The van der Waals surface area contributed by atoms with Crippen molar-refractivity contribution >= 4 is 34.0 Å². The van der Waals surface area contributed by atoms with E-state index in [-0.39, 0.29) is 5.91 Å². The number of halogens is 1. The van der Waals surface area contributed by atoms with Gasteiger partial charge in [0, 0.05) is 10.9 Å². The monoisotopic (exact) mass is 488 g/mol. The third-order valence-corrected chi connectivity index (χ3v) is 5.10. The molecule has 0 unspecified atom stereocenters. The van der Waals surface area contributed by atoms with Crippen molar-refractivity contribution in [3.8, 4) is 11.5 Å². The number of hydrogen-bond acceptors (Lipinski definition) is 5. The lowest BCUT2D eigenvalue weighted by Crippen LogP contribution is -2.16. The highest BCUT2D eigenvalue weighted by Crippen LogP contribution is 2.28. The molecule has 0 bridgehead atoms. The third kappa shape index (κ3) is 8.92. The second-order valence-electron chi connectivity index (χ2n) is 7.12. The van der Waals surface area contributed by atoms with E-state index in [1.54, 1.807) is 36.4 Å². The molecule has 0 aliphatic carbocycles. The van der Waals surface area contributed by atoms with Crippen molar-refractivity contribution in [3.63, 3.8) is 0 Å². The van der Waals surface area contributed by atoms with Crippen LogP contribution >= 0.6 is 15.9 Å². The van der Waals surface area contributed by atoms with E-state index in [0.717, 1.165) is 17.3 Å². The average Bonchev–Trinajstić information content (AvgIpc) is 2.77. The second kappa shape index (κ2) is 13.6. The molecule has 0 radical (unpaired) electrons. The molecule has 31 heavy (non-hydrogen) atoms. The van der Waals surface area contributed by atoms with Crippen LogP contribution in [0, 0.1) is 0 Å². The summed E-state index contributed by atoms with van der Waals surface area (Å²) in [5, 5.41) is 4.00. The van der Waals surface area contributed by atoms with Crippen LogP contribution < -0.4 is 14.9 Å². The van der Waals surface area contributed by atoms with Crippen molar-refractivity contribution in [2.75, 3.05) is 7.11 Å². The van der Waals surface area contributed by atoms with E-state index in [2.05, 4.69) is 33.4 Å². The number of carbonyl (C=O) groups excluding carboxylic acids is 2. The molecule has 1 amide bonds. The van der Waals surface area contributed by atoms with Gasteiger partial charge in [0.1, 0.15) is 0 Å². The van der Waals surface area contributed by atoms with E-state index < -0.39 is 5.97 Å². The van der Waals surface area contributed by atoms with Gasteiger partial charge in [0.25, 0.3) is 0 Å². The van der Waals surface area contributed by atoms with Gasteiger partial charge in [-0.25, -0.2) is 10.2 Å². The van der Waals surface area contributed by atoms with Gasteiger partial charge in [0.15, 0.2) is 11.5 Å². The maximum atomic E-state index is 12.4. The minimum atomic E-state index is -0.483. The van der Waals surface area contributed by atoms with Crippen LogP contribution in [0.4, 0.5) is 0 Å². The summed E-state index contributed by atoms with van der Waals surface area (Å²) in [6.45, 7) is 2.19. The Kier molecular flexibility index (Phi) is 10.8. The summed E-state index contributed by atoms with van der Waals surface area (Å²) in [5.41, 5.74) is 3.68. The fourth-order valence-corrected chi connectivity index (χ4v) is 3.32. The summed E-state index contributed by atoms with van der Waals surface area (Å²) in [6.07, 6.45) is 8.80. The van der Waals surface area contributed by atoms with Gasteiger partial charge in [0.05, 0.1) is 18.9 Å². The average molecular weight is 489 g/mol. The number of hydrogen-bond donors (Lipinski definition) is 1. The topological polar surface area (TPSA) is 77.0 Å². The van der Waals surface area contributed by atoms with E-state index in [1.807, 2.05) is 6.07 Å². The lowest BCUT2D eigenvalue weighted by atomic mass is 10.1. The summed E-state index contributed by atoms with van der Waals surface area (Å²) >= 11 is 3.34. The first-order valence-corrected chi connectivity index (χ1v) is 11.3. The van der Waals surface area contributed by atoms with Gasteiger partial charge in [-0.3, -0.25) is 4.79 Å². The number of nitrogens with one attached hydrogen (secondary N) is 1. The van der Waals surface area contributed by atoms with Gasteiger partial charge in [-0.2, -0.15) is 5.10 Å². The van der Waals surface area contributed by atoms with Crippen LogP contribution in [-0.2, 0) is 4.79 Å². The molecule has 0 aliphatic heterocycles. The molecule has 0 atom stereocenters. The van der Waals surface area contributed by atoms with Crippen molar-refractivity contribution < 1.29 is 19.1 Å². The van der Waals surface area contributed by atoms with Crippen molar-refractivity contribution in [1.82, 2.24) is 5.43 Å². The summed E-state index contributed by atoms with van der Waals surface area (Å²) in [6, 6.07) is 12.0. The summed E-state index contributed by atoms with van der Waals surface area (Å²) in [5.74, 6) is 0.115. The number of unbranched alkanes of at least 4 members (excludes halogenated alkanes) is 5. The molecule has 2 aromatic rings. The van der Waals surface area contributed by atoms with E-state index >= 15 is 0 Å². The molecule has 0 aliphatic rings. The second-order valence-corrected chi connectivity index (χ2v) is 8.04. The predicted molar refractivity (Wildman–Crippen MR) is 126 cm³/mol. The summed E-state index contributed by atoms with van der Waals surface area (Å²) in [4.78, 5) is 24.2. The number of carbonyl (C=O) groups is 2. The first kappa shape index (κ1) is 24.6. The minimum Gasteiger partial charge on any atom is -0.493 e. The molecular weight excluding hydrogens is 460 g/mol. The number of nitrogens with zero attached hydrogens (tertiary/aromatic N) is 1. The van der Waals surface area contributed by atoms with Gasteiger partial charge in [-0.15, -0.1) is 0 Å². The number of ether oxygens (including phenoxy) is 2. The lowest BCUT2D eigenvalue weighted by molar-refractivity contribution is -0.121. The van der Waals surface area contributed by atoms with Gasteiger partial charge in [-0.1, -0.05) is 61.0 Å². The van der Waals surface area contributed by atoms with Gasteiger partial charge >= 0.3 is 5.97 Å². The fourth-order valence-electron chi connectivity index (χ4n) is 2.92. The first-order chi connectivity index (χ1) is 15.0. The van der Waals surface area contributed by atoms with Gasteiger partial charge in [0.2, 0.25) is 5.91 Å². The molecule has 0 fully saturated rings. The van der Waals surface area contributed by atoms with Crippen LogP contribution in [0.15, 0.2) is 52.0 Å². The SMILES string of the molecule is CCCCCCCCC(=O)NN=Cc1ccc(OC(=O)c2cccc(Br)c2)c(OC)c1. The maximum absolute atomic E-state index is 12.4. The highest BCUT2D eigenvalue weighted by Gasteiger charge is 2.13. The first-order valence-electron chi connectivity index (χ1n) is 10.5. The highest BCUT2D eigenvalue weighted by atomic mass is 79.9. The van der Waals surface area contributed by atoms with Crippen LogP contribution in [0.25, 0.3) is 0 Å². The maximum Gasteiger partial charge on any atom is 0.343 e. The fraction of sp³-hybridized carbons (Fsp3) is 0.375. The van der Waals surface area contributed by atoms with Crippen molar-refractivity contribution in [3.05, 3.63) is 58.1 Å². The number of benzene rings is 2. The largest absolute Gasteiger partial charge is 0.493 e. The van der Waals surface area contributed by atoms with Crippen LogP contribution in [-0.4, -0.2) is 25.2 Å². The van der Waals surface area contributed by atoms with E-state index in [1.165, 1.54) is 39.0 Å². The Morgan fingerprint density at radius 1 is 1.03 bits per heavy atom. The molecule has 2 aromatic carbocycles. The van der Waals surface area contributed by atoms with Crippen LogP contribution in [0.1, 0.15) is 67.8 Å². The van der Waals surface area contributed by atoms with Crippen molar-refractivity contribution in [2.24, 2.45) is 5.10 Å². The summed E-state index contributed by atoms with van der Waals surface area (Å²) in [7, 11) is 1.50. The zero-order valence-corrected chi connectivity index (χ0v) is 19.6. The number of amides is 1. The molecular formula is C24H29BrN2O4. The van der Waals surface area contributed by atoms with E-state index in [0.29, 0.717) is 29.0 Å². The smallest absolute Gasteiger partial charge is 0.343 e. The molecule has 0 saturated carbocycles. The van der Waals surface area contributed by atoms with E-state index in [4.69, 9.17) is 9.47 Å². The van der Waals surface area contributed by atoms with Crippen molar-refractivity contribution in [2.45, 2.75) is 51.9 Å². The lowest BCUT2D eigenvalue weighted by Gasteiger charge is -2.10. The number of hydrazone groups is 1. The predicted octanol–water partition coefficient (Wildman–Crippen LogP) is 5.88. The molecule has 166 valence electrons. The molecule has 0 spiro atoms. The van der Waals surface area contributed by atoms with Gasteiger partial charge < -0.3 is 9.47 Å². The Balaban J connectivity index is 1.86. The van der Waals surface area contributed by atoms with Crippen LogP contribution in [0.5, 0.6) is 11.5 Å². The third-order valence-electron chi connectivity index (χ3n) is 4.61. The molecule has 0 heterocycles. The molecule has 2 rings (SSSR count).